The van der Waals surface area contributed by atoms with Crippen molar-refractivity contribution in [2.45, 2.75) is 37.1 Å². The van der Waals surface area contributed by atoms with Gasteiger partial charge in [0.1, 0.15) is 5.75 Å². The lowest BCUT2D eigenvalue weighted by molar-refractivity contribution is -0.119. The van der Waals surface area contributed by atoms with E-state index in [0.717, 1.165) is 47.8 Å². The average Bonchev–Trinajstić information content (AvgIpc) is 3.60. The van der Waals surface area contributed by atoms with Crippen LogP contribution in [0.2, 0.25) is 0 Å². The summed E-state index contributed by atoms with van der Waals surface area (Å²) in [4.78, 5) is 25.3. The van der Waals surface area contributed by atoms with Crippen molar-refractivity contribution >= 4 is 38.4 Å². The Kier molecular flexibility index (Phi) is 7.20. The Morgan fingerprint density at radius 2 is 1.74 bits per heavy atom. The molecular weight excluding hydrogens is 502 g/mol. The molecule has 1 aliphatic rings. The number of hydrogen-bond acceptors (Lipinski definition) is 5. The van der Waals surface area contributed by atoms with Crippen molar-refractivity contribution in [1.82, 2.24) is 9.29 Å². The molecule has 1 aliphatic carbocycles. The van der Waals surface area contributed by atoms with Crippen molar-refractivity contribution in [3.05, 3.63) is 90.1 Å². The molecule has 1 fully saturated rings. The average molecular weight is 532 g/mol. The molecule has 0 atom stereocenters. The summed E-state index contributed by atoms with van der Waals surface area (Å²) >= 11 is 0. The third kappa shape index (κ3) is 5.43. The van der Waals surface area contributed by atoms with Gasteiger partial charge in [0, 0.05) is 28.9 Å². The Balaban J connectivity index is 1.34. The van der Waals surface area contributed by atoms with Crippen LogP contribution in [-0.2, 0) is 21.4 Å². The molecule has 1 aromatic heterocycles. The van der Waals surface area contributed by atoms with E-state index in [1.54, 1.807) is 30.3 Å². The number of fused-ring (bicyclic) bond motifs is 1. The number of carbonyl (C=O) groups excluding carboxylic acids is 2. The lowest BCUT2D eigenvalue weighted by Crippen LogP contribution is -2.30. The van der Waals surface area contributed by atoms with Crippen molar-refractivity contribution in [2.24, 2.45) is 5.92 Å². The standard InChI is InChI=1S/C29H29N3O5S/c1-37-27-17-22(29(34)31-38(35,36)25-9-3-2-4-10-25)11-12-23(27)19-32-16-15-20-13-14-24(18-26(20)32)30-28(33)21-7-5-6-8-21/h2-4,9-18,21H,5-8,19H2,1H3,(H,30,33)(H,31,34). The minimum absolute atomic E-state index is 0.00947. The highest BCUT2D eigenvalue weighted by Crippen LogP contribution is 2.28. The SMILES string of the molecule is COc1cc(C(=O)NS(=O)(=O)c2ccccc2)ccc1Cn1ccc2ccc(NC(=O)C3CCCC3)cc21. The number of nitrogens with one attached hydrogen (secondary N) is 2. The molecule has 5 rings (SSSR count). The molecule has 0 saturated heterocycles. The predicted octanol–water partition coefficient (Wildman–Crippen LogP) is 4.95. The van der Waals surface area contributed by atoms with Crippen LogP contribution >= 0.6 is 0 Å². The van der Waals surface area contributed by atoms with Gasteiger partial charge in [-0.2, -0.15) is 0 Å². The first kappa shape index (κ1) is 25.5. The number of ether oxygens (including phenoxy) is 1. The van der Waals surface area contributed by atoms with E-state index in [4.69, 9.17) is 4.74 Å². The lowest BCUT2D eigenvalue weighted by Gasteiger charge is -2.14. The Hall–Kier alpha value is -4.11. The van der Waals surface area contributed by atoms with E-state index < -0.39 is 15.9 Å². The second-order valence-corrected chi connectivity index (χ2v) is 11.1. The Morgan fingerprint density at radius 3 is 2.47 bits per heavy atom. The Bertz CT molecular complexity index is 1590. The maximum absolute atomic E-state index is 12.7. The molecule has 38 heavy (non-hydrogen) atoms. The summed E-state index contributed by atoms with van der Waals surface area (Å²) in [6, 6.07) is 20.4. The summed E-state index contributed by atoms with van der Waals surface area (Å²) in [7, 11) is -2.49. The van der Waals surface area contributed by atoms with Crippen LogP contribution < -0.4 is 14.8 Å². The van der Waals surface area contributed by atoms with Gasteiger partial charge >= 0.3 is 0 Å². The second kappa shape index (κ2) is 10.7. The zero-order chi connectivity index (χ0) is 26.7. The maximum atomic E-state index is 12.7. The highest BCUT2D eigenvalue weighted by Gasteiger charge is 2.23. The van der Waals surface area contributed by atoms with Crippen LogP contribution in [0, 0.1) is 5.92 Å². The first-order valence-electron chi connectivity index (χ1n) is 12.5. The summed E-state index contributed by atoms with van der Waals surface area (Å²) in [6.45, 7) is 0.455. The third-order valence-electron chi connectivity index (χ3n) is 6.94. The number of anilines is 1. The molecule has 2 amide bonds. The van der Waals surface area contributed by atoms with Crippen LogP contribution in [0.4, 0.5) is 5.69 Å². The zero-order valence-corrected chi connectivity index (χ0v) is 21.8. The Morgan fingerprint density at radius 1 is 0.974 bits per heavy atom. The van der Waals surface area contributed by atoms with E-state index in [1.165, 1.54) is 25.3 Å². The molecule has 0 unspecified atom stereocenters. The van der Waals surface area contributed by atoms with Gasteiger partial charge in [-0.1, -0.05) is 43.2 Å². The van der Waals surface area contributed by atoms with Crippen LogP contribution in [0.1, 0.15) is 41.6 Å². The molecular formula is C29H29N3O5S. The van der Waals surface area contributed by atoms with E-state index in [1.807, 2.05) is 35.0 Å². The van der Waals surface area contributed by atoms with Gasteiger partial charge in [-0.15, -0.1) is 0 Å². The van der Waals surface area contributed by atoms with Gasteiger partial charge in [0.05, 0.1) is 24.1 Å². The molecule has 0 spiro atoms. The summed E-state index contributed by atoms with van der Waals surface area (Å²) < 4.78 is 34.8. The maximum Gasteiger partial charge on any atom is 0.265 e. The van der Waals surface area contributed by atoms with Gasteiger partial charge in [0.15, 0.2) is 0 Å². The minimum Gasteiger partial charge on any atom is -0.496 e. The zero-order valence-electron chi connectivity index (χ0n) is 21.0. The van der Waals surface area contributed by atoms with E-state index in [9.17, 15) is 18.0 Å². The van der Waals surface area contributed by atoms with E-state index in [-0.39, 0.29) is 22.3 Å². The lowest BCUT2D eigenvalue weighted by atomic mass is 10.1. The monoisotopic (exact) mass is 531 g/mol. The fourth-order valence-corrected chi connectivity index (χ4v) is 5.87. The molecule has 3 aromatic carbocycles. The van der Waals surface area contributed by atoms with Crippen LogP contribution in [0.25, 0.3) is 10.9 Å². The van der Waals surface area contributed by atoms with Gasteiger partial charge in [-0.25, -0.2) is 13.1 Å². The normalized spacial score (nSPS) is 13.9. The first-order valence-corrected chi connectivity index (χ1v) is 14.0. The van der Waals surface area contributed by atoms with Gasteiger partial charge in [-0.05, 0) is 60.7 Å². The second-order valence-electron chi connectivity index (χ2n) is 9.46. The van der Waals surface area contributed by atoms with Gasteiger partial charge in [-0.3, -0.25) is 9.59 Å². The minimum atomic E-state index is -4.00. The molecule has 1 heterocycles. The van der Waals surface area contributed by atoms with Gasteiger partial charge < -0.3 is 14.6 Å². The van der Waals surface area contributed by atoms with E-state index >= 15 is 0 Å². The number of methoxy groups -OCH3 is 1. The molecule has 0 bridgehead atoms. The van der Waals surface area contributed by atoms with Crippen molar-refractivity contribution in [3.8, 4) is 5.75 Å². The number of rotatable bonds is 8. The number of aromatic nitrogens is 1. The molecule has 2 N–H and O–H groups in total. The largest absolute Gasteiger partial charge is 0.496 e. The highest BCUT2D eigenvalue weighted by atomic mass is 32.2. The smallest absolute Gasteiger partial charge is 0.265 e. The fourth-order valence-electron chi connectivity index (χ4n) is 4.87. The number of carbonyl (C=O) groups is 2. The number of hydrogen-bond donors (Lipinski definition) is 2. The van der Waals surface area contributed by atoms with Crippen LogP contribution in [0.15, 0.2) is 83.9 Å². The molecule has 0 radical (unpaired) electrons. The molecule has 8 nitrogen and oxygen atoms in total. The molecule has 1 saturated carbocycles. The number of amides is 2. The van der Waals surface area contributed by atoms with Crippen molar-refractivity contribution in [2.75, 3.05) is 12.4 Å². The molecule has 9 heteroatoms. The van der Waals surface area contributed by atoms with Crippen LogP contribution in [-0.4, -0.2) is 31.9 Å². The molecule has 0 aliphatic heterocycles. The first-order chi connectivity index (χ1) is 18.3. The van der Waals surface area contributed by atoms with Crippen molar-refractivity contribution in [3.63, 3.8) is 0 Å². The molecule has 196 valence electrons. The summed E-state index contributed by atoms with van der Waals surface area (Å²) in [5.74, 6) is -0.125. The highest BCUT2D eigenvalue weighted by molar-refractivity contribution is 7.90. The summed E-state index contributed by atoms with van der Waals surface area (Å²) in [5, 5.41) is 4.09. The van der Waals surface area contributed by atoms with Gasteiger partial charge in [0.25, 0.3) is 15.9 Å². The number of sulfonamides is 1. The third-order valence-corrected chi connectivity index (χ3v) is 8.28. The molecule has 4 aromatic rings. The summed E-state index contributed by atoms with van der Waals surface area (Å²) in [5.41, 5.74) is 2.69. The predicted molar refractivity (Wildman–Crippen MR) is 146 cm³/mol. The van der Waals surface area contributed by atoms with Crippen molar-refractivity contribution < 1.29 is 22.7 Å². The summed E-state index contributed by atoms with van der Waals surface area (Å²) in [6.07, 6.45) is 6.04. The number of nitrogens with zero attached hydrogens (tertiary/aromatic N) is 1. The van der Waals surface area contributed by atoms with E-state index in [0.29, 0.717) is 12.3 Å². The van der Waals surface area contributed by atoms with Gasteiger partial charge in [0.2, 0.25) is 5.91 Å². The topological polar surface area (TPSA) is 106 Å². The van der Waals surface area contributed by atoms with Crippen molar-refractivity contribution in [1.29, 1.82) is 0 Å². The number of benzene rings is 3. The Labute approximate surface area is 221 Å². The quantitative estimate of drug-likeness (QED) is 0.335. The fraction of sp³-hybridized carbons (Fsp3) is 0.241. The van der Waals surface area contributed by atoms with Crippen LogP contribution in [0.5, 0.6) is 5.75 Å². The van der Waals surface area contributed by atoms with Crippen LogP contribution in [0.3, 0.4) is 0 Å². The van der Waals surface area contributed by atoms with E-state index in [2.05, 4.69) is 10.0 Å².